The zero-order valence-corrected chi connectivity index (χ0v) is 16.8. The van der Waals surface area contributed by atoms with E-state index in [1.165, 1.54) is 22.0 Å². The molecule has 0 bridgehead atoms. The van der Waals surface area contributed by atoms with Crippen molar-refractivity contribution in [1.29, 1.82) is 0 Å². The van der Waals surface area contributed by atoms with Gasteiger partial charge in [-0.1, -0.05) is 30.3 Å². The first-order valence-electron chi connectivity index (χ1n) is 9.01. The van der Waals surface area contributed by atoms with E-state index < -0.39 is 10.0 Å². The number of hydrogen-bond donors (Lipinski definition) is 1. The van der Waals surface area contributed by atoms with Crippen LogP contribution in [-0.4, -0.2) is 25.2 Å². The molecule has 3 aromatic rings. The van der Waals surface area contributed by atoms with Crippen molar-refractivity contribution in [2.75, 3.05) is 6.54 Å². The average molecular weight is 413 g/mol. The van der Waals surface area contributed by atoms with Gasteiger partial charge >= 0.3 is 0 Å². The molecule has 1 N–H and O–H groups in total. The molecule has 0 aliphatic carbocycles. The minimum Gasteiger partial charge on any atom is -0.347 e. The monoisotopic (exact) mass is 412 g/mol. The number of benzene rings is 2. The predicted octanol–water partition coefficient (Wildman–Crippen LogP) is 3.43. The Bertz CT molecular complexity index is 1080. The van der Waals surface area contributed by atoms with Crippen molar-refractivity contribution < 1.29 is 13.2 Å². The van der Waals surface area contributed by atoms with Gasteiger partial charge in [0.25, 0.3) is 5.91 Å². The molecule has 1 aromatic heterocycles. The Morgan fingerprint density at radius 1 is 1.00 bits per heavy atom. The maximum absolute atomic E-state index is 13.0. The van der Waals surface area contributed by atoms with E-state index in [9.17, 15) is 13.2 Å². The first-order chi connectivity index (χ1) is 13.5. The molecule has 144 valence electrons. The summed E-state index contributed by atoms with van der Waals surface area (Å²) in [5.41, 5.74) is 2.69. The molecule has 1 aliphatic heterocycles. The smallest absolute Gasteiger partial charge is 0.251 e. The molecule has 4 rings (SSSR count). The Morgan fingerprint density at radius 3 is 2.46 bits per heavy atom. The molecule has 0 spiro atoms. The molecule has 1 aliphatic rings. The maximum atomic E-state index is 13.0. The van der Waals surface area contributed by atoms with E-state index in [2.05, 4.69) is 5.32 Å². The van der Waals surface area contributed by atoms with Crippen LogP contribution in [-0.2, 0) is 29.5 Å². The van der Waals surface area contributed by atoms with Gasteiger partial charge in [-0.2, -0.15) is 4.31 Å². The molecule has 0 saturated heterocycles. The van der Waals surface area contributed by atoms with Crippen molar-refractivity contribution in [3.63, 3.8) is 0 Å². The normalized spacial score (nSPS) is 14.4. The third-order valence-corrected chi connectivity index (χ3v) is 7.59. The summed E-state index contributed by atoms with van der Waals surface area (Å²) in [5, 5.41) is 4.80. The number of amides is 1. The third-order valence-electron chi connectivity index (χ3n) is 4.85. The van der Waals surface area contributed by atoms with E-state index in [0.717, 1.165) is 10.4 Å². The van der Waals surface area contributed by atoms with Crippen LogP contribution in [0.5, 0.6) is 0 Å². The fraction of sp³-hybridized carbons (Fsp3) is 0.190. The second-order valence-electron chi connectivity index (χ2n) is 6.64. The largest absolute Gasteiger partial charge is 0.347 e. The van der Waals surface area contributed by atoms with Crippen LogP contribution in [0.1, 0.15) is 26.4 Å². The number of thiophene rings is 1. The summed E-state index contributed by atoms with van der Waals surface area (Å²) >= 11 is 1.58. The van der Waals surface area contributed by atoms with Gasteiger partial charge in [-0.3, -0.25) is 4.79 Å². The summed E-state index contributed by atoms with van der Waals surface area (Å²) in [6, 6.07) is 18.0. The summed E-state index contributed by atoms with van der Waals surface area (Å²) in [7, 11) is -3.59. The lowest BCUT2D eigenvalue weighted by Crippen LogP contribution is -2.36. The topological polar surface area (TPSA) is 66.5 Å². The van der Waals surface area contributed by atoms with Crippen LogP contribution >= 0.6 is 11.3 Å². The molecular formula is C21H20N2O3S2. The zero-order valence-electron chi connectivity index (χ0n) is 15.2. The second kappa shape index (κ2) is 7.87. The number of rotatable bonds is 5. The third kappa shape index (κ3) is 3.87. The molecule has 0 fully saturated rings. The summed E-state index contributed by atoms with van der Waals surface area (Å²) < 4.78 is 27.5. The SMILES string of the molecule is O=C(NCc1cccs1)c1ccc(S(=O)(=O)N2CCc3ccccc3C2)cc1. The number of fused-ring (bicyclic) bond motifs is 1. The first kappa shape index (κ1) is 18.9. The molecule has 2 heterocycles. The minimum atomic E-state index is -3.59. The molecule has 7 heteroatoms. The Kier molecular flexibility index (Phi) is 5.30. The van der Waals surface area contributed by atoms with Gasteiger partial charge in [-0.25, -0.2) is 8.42 Å². The lowest BCUT2D eigenvalue weighted by Gasteiger charge is -2.28. The van der Waals surface area contributed by atoms with Crippen LogP contribution in [0.3, 0.4) is 0 Å². The van der Waals surface area contributed by atoms with E-state index in [4.69, 9.17) is 0 Å². The van der Waals surface area contributed by atoms with E-state index in [1.807, 2.05) is 41.8 Å². The predicted molar refractivity (Wildman–Crippen MR) is 110 cm³/mol. The molecule has 5 nitrogen and oxygen atoms in total. The number of sulfonamides is 1. The van der Waals surface area contributed by atoms with Gasteiger partial charge in [0.1, 0.15) is 0 Å². The van der Waals surface area contributed by atoms with Crippen LogP contribution in [0.2, 0.25) is 0 Å². The van der Waals surface area contributed by atoms with Crippen molar-refractivity contribution in [3.8, 4) is 0 Å². The molecule has 1 amide bonds. The van der Waals surface area contributed by atoms with E-state index in [0.29, 0.717) is 31.6 Å². The molecule has 0 atom stereocenters. The van der Waals surface area contributed by atoms with Crippen LogP contribution in [0.25, 0.3) is 0 Å². The number of carbonyl (C=O) groups is 1. The van der Waals surface area contributed by atoms with Gasteiger partial charge in [-0.05, 0) is 53.3 Å². The van der Waals surface area contributed by atoms with E-state index in [1.54, 1.807) is 23.5 Å². The van der Waals surface area contributed by atoms with Crippen LogP contribution in [0.15, 0.2) is 70.9 Å². The number of nitrogens with zero attached hydrogens (tertiary/aromatic N) is 1. The Morgan fingerprint density at radius 2 is 1.75 bits per heavy atom. The van der Waals surface area contributed by atoms with Crippen molar-refractivity contribution in [2.24, 2.45) is 0 Å². The van der Waals surface area contributed by atoms with Gasteiger partial charge in [0.2, 0.25) is 10.0 Å². The van der Waals surface area contributed by atoms with Gasteiger partial charge in [-0.15, -0.1) is 11.3 Å². The Hall–Kier alpha value is -2.48. The molecule has 28 heavy (non-hydrogen) atoms. The van der Waals surface area contributed by atoms with Crippen molar-refractivity contribution >= 4 is 27.3 Å². The highest BCUT2D eigenvalue weighted by atomic mass is 32.2. The maximum Gasteiger partial charge on any atom is 0.251 e. The van der Waals surface area contributed by atoms with Crippen molar-refractivity contribution in [1.82, 2.24) is 9.62 Å². The number of carbonyl (C=O) groups excluding carboxylic acids is 1. The van der Waals surface area contributed by atoms with Crippen molar-refractivity contribution in [2.45, 2.75) is 24.4 Å². The molecule has 0 radical (unpaired) electrons. The summed E-state index contributed by atoms with van der Waals surface area (Å²) in [6.45, 7) is 1.30. The molecule has 0 saturated carbocycles. The van der Waals surface area contributed by atoms with Crippen LogP contribution in [0, 0.1) is 0 Å². The van der Waals surface area contributed by atoms with Crippen LogP contribution < -0.4 is 5.32 Å². The summed E-state index contributed by atoms with van der Waals surface area (Å²) in [5.74, 6) is -0.218. The highest BCUT2D eigenvalue weighted by Crippen LogP contribution is 2.25. The fourth-order valence-corrected chi connectivity index (χ4v) is 5.35. The van der Waals surface area contributed by atoms with Gasteiger partial charge in [0.05, 0.1) is 11.4 Å². The Labute approximate surface area is 168 Å². The lowest BCUT2D eigenvalue weighted by atomic mass is 10.0. The number of hydrogen-bond acceptors (Lipinski definition) is 4. The lowest BCUT2D eigenvalue weighted by molar-refractivity contribution is 0.0951. The standard InChI is InChI=1S/C21H20N2O3S2/c24-21(22-14-19-6-3-13-27-19)17-7-9-20(10-8-17)28(25,26)23-12-11-16-4-1-2-5-18(16)15-23/h1-10,13H,11-12,14-15H2,(H,22,24). The summed E-state index contributed by atoms with van der Waals surface area (Å²) in [4.78, 5) is 13.6. The second-order valence-corrected chi connectivity index (χ2v) is 9.61. The average Bonchev–Trinajstić information content (AvgIpc) is 3.25. The first-order valence-corrected chi connectivity index (χ1v) is 11.3. The number of nitrogens with one attached hydrogen (secondary N) is 1. The van der Waals surface area contributed by atoms with Gasteiger partial charge in [0, 0.05) is 23.5 Å². The van der Waals surface area contributed by atoms with Crippen molar-refractivity contribution in [3.05, 3.63) is 87.6 Å². The summed E-state index contributed by atoms with van der Waals surface area (Å²) in [6.07, 6.45) is 0.707. The molecule has 2 aromatic carbocycles. The van der Waals surface area contributed by atoms with E-state index >= 15 is 0 Å². The minimum absolute atomic E-state index is 0.210. The van der Waals surface area contributed by atoms with Crippen LogP contribution in [0.4, 0.5) is 0 Å². The zero-order chi connectivity index (χ0) is 19.6. The highest BCUT2D eigenvalue weighted by Gasteiger charge is 2.28. The van der Waals surface area contributed by atoms with Gasteiger partial charge in [0.15, 0.2) is 0 Å². The van der Waals surface area contributed by atoms with E-state index in [-0.39, 0.29) is 10.8 Å². The van der Waals surface area contributed by atoms with Gasteiger partial charge < -0.3 is 5.32 Å². The quantitative estimate of drug-likeness (QED) is 0.698. The molecular weight excluding hydrogens is 392 g/mol. The fourth-order valence-electron chi connectivity index (χ4n) is 3.28. The molecule has 0 unspecified atom stereocenters. The highest BCUT2D eigenvalue weighted by molar-refractivity contribution is 7.89. The Balaban J connectivity index is 1.46.